The van der Waals surface area contributed by atoms with Gasteiger partial charge in [0, 0.05) is 12.1 Å². The Morgan fingerprint density at radius 2 is 1.96 bits per heavy atom. The van der Waals surface area contributed by atoms with Gasteiger partial charge in [-0.1, -0.05) is 23.7 Å². The fourth-order valence-corrected chi connectivity index (χ4v) is 2.88. The number of ether oxygens (including phenoxy) is 1. The summed E-state index contributed by atoms with van der Waals surface area (Å²) >= 11 is 5.76. The molecule has 3 atom stereocenters. The van der Waals surface area contributed by atoms with E-state index in [0.29, 0.717) is 5.02 Å². The van der Waals surface area contributed by atoms with Crippen molar-refractivity contribution in [3.8, 4) is 0 Å². The molecular formula is C15H16ClF3N2O4. The van der Waals surface area contributed by atoms with Gasteiger partial charge in [-0.25, -0.2) is 4.79 Å². The molecule has 2 amide bonds. The third-order valence-corrected chi connectivity index (χ3v) is 4.30. The molecule has 2 N–H and O–H groups in total. The Balaban J connectivity index is 2.62. The number of halogens is 4. The molecule has 1 aromatic carbocycles. The molecule has 0 radical (unpaired) electrons. The Morgan fingerprint density at radius 3 is 2.44 bits per heavy atom. The van der Waals surface area contributed by atoms with Crippen molar-refractivity contribution in [2.45, 2.75) is 24.9 Å². The van der Waals surface area contributed by atoms with Crippen LogP contribution >= 0.6 is 11.6 Å². The van der Waals surface area contributed by atoms with Crippen LogP contribution in [0.2, 0.25) is 5.02 Å². The van der Waals surface area contributed by atoms with E-state index in [9.17, 15) is 27.9 Å². The standard InChI is InChI=1S/C15H16ClF3N2O4/c1-3-25-12(22)10-11(8-4-6-9(16)7-5-8)20-13(23)21(2)14(10,24)15(17,18)19/h4-7,10-11,24H,3H2,1-2H3,(H,20,23)/t10-,11-,14-/m1/s1. The zero-order valence-corrected chi connectivity index (χ0v) is 14.1. The number of nitrogens with one attached hydrogen (secondary N) is 1. The van der Waals surface area contributed by atoms with Crippen LogP contribution in [0.5, 0.6) is 0 Å². The van der Waals surface area contributed by atoms with Crippen molar-refractivity contribution in [3.05, 3.63) is 34.9 Å². The second-order valence-electron chi connectivity index (χ2n) is 5.49. The minimum Gasteiger partial charge on any atom is -0.466 e. The lowest BCUT2D eigenvalue weighted by atomic mass is 9.81. The van der Waals surface area contributed by atoms with Crippen molar-refractivity contribution in [2.24, 2.45) is 5.92 Å². The van der Waals surface area contributed by atoms with E-state index < -0.39 is 35.9 Å². The number of carbonyl (C=O) groups is 2. The maximum atomic E-state index is 13.7. The number of carbonyl (C=O) groups excluding carboxylic acids is 2. The number of amides is 2. The van der Waals surface area contributed by atoms with E-state index in [4.69, 9.17) is 16.3 Å². The first kappa shape index (κ1) is 19.3. The Hall–Kier alpha value is -2.00. The van der Waals surface area contributed by atoms with Crippen LogP contribution in [0.15, 0.2) is 24.3 Å². The van der Waals surface area contributed by atoms with Crippen LogP contribution in [-0.2, 0) is 9.53 Å². The van der Waals surface area contributed by atoms with Gasteiger partial charge in [-0.2, -0.15) is 13.2 Å². The molecule has 0 bridgehead atoms. The van der Waals surface area contributed by atoms with Gasteiger partial charge in [-0.3, -0.25) is 9.69 Å². The largest absolute Gasteiger partial charge is 0.466 e. The zero-order chi connectivity index (χ0) is 19.0. The van der Waals surface area contributed by atoms with Crippen molar-refractivity contribution in [1.29, 1.82) is 0 Å². The van der Waals surface area contributed by atoms with Crippen LogP contribution in [0.25, 0.3) is 0 Å². The summed E-state index contributed by atoms with van der Waals surface area (Å²) in [5.74, 6) is -3.41. The monoisotopic (exact) mass is 380 g/mol. The Labute approximate surface area is 146 Å². The summed E-state index contributed by atoms with van der Waals surface area (Å²) in [4.78, 5) is 24.3. The van der Waals surface area contributed by atoms with E-state index in [1.807, 2.05) is 0 Å². The fraction of sp³-hybridized carbons (Fsp3) is 0.467. The fourth-order valence-electron chi connectivity index (χ4n) is 2.75. The normalized spacial score (nSPS) is 27.0. The summed E-state index contributed by atoms with van der Waals surface area (Å²) < 4.78 is 45.7. The van der Waals surface area contributed by atoms with E-state index in [2.05, 4.69) is 5.32 Å². The maximum absolute atomic E-state index is 13.7. The van der Waals surface area contributed by atoms with Gasteiger partial charge in [0.25, 0.3) is 5.72 Å². The van der Waals surface area contributed by atoms with Gasteiger partial charge in [0.05, 0.1) is 12.6 Å². The predicted octanol–water partition coefficient (Wildman–Crippen LogP) is 2.47. The van der Waals surface area contributed by atoms with Gasteiger partial charge in [0.2, 0.25) is 0 Å². The highest BCUT2D eigenvalue weighted by Crippen LogP contribution is 2.46. The number of aliphatic hydroxyl groups is 1. The number of urea groups is 1. The molecule has 2 rings (SSSR count). The molecule has 1 aliphatic heterocycles. The number of hydrogen-bond acceptors (Lipinski definition) is 4. The molecule has 1 fully saturated rings. The Morgan fingerprint density at radius 1 is 1.40 bits per heavy atom. The number of hydrogen-bond donors (Lipinski definition) is 2. The zero-order valence-electron chi connectivity index (χ0n) is 13.3. The Bertz CT molecular complexity index is 668. The van der Waals surface area contributed by atoms with Gasteiger partial charge in [0.1, 0.15) is 5.92 Å². The van der Waals surface area contributed by atoms with E-state index >= 15 is 0 Å². The quantitative estimate of drug-likeness (QED) is 0.790. The van der Waals surface area contributed by atoms with Gasteiger partial charge in [-0.15, -0.1) is 0 Å². The van der Waals surface area contributed by atoms with Crippen LogP contribution in [-0.4, -0.2) is 47.6 Å². The van der Waals surface area contributed by atoms with E-state index in [-0.39, 0.29) is 17.1 Å². The molecule has 138 valence electrons. The number of alkyl halides is 3. The second kappa shape index (κ2) is 6.72. The summed E-state index contributed by atoms with van der Waals surface area (Å²) in [5, 5.41) is 13.0. The van der Waals surface area contributed by atoms with E-state index in [1.165, 1.54) is 31.2 Å². The minimum atomic E-state index is -5.29. The van der Waals surface area contributed by atoms with Crippen molar-refractivity contribution >= 4 is 23.6 Å². The van der Waals surface area contributed by atoms with Crippen molar-refractivity contribution in [3.63, 3.8) is 0 Å². The number of esters is 1. The van der Waals surface area contributed by atoms with Crippen LogP contribution in [0.3, 0.4) is 0 Å². The lowest BCUT2D eigenvalue weighted by Gasteiger charge is -2.49. The summed E-state index contributed by atoms with van der Waals surface area (Å²) in [7, 11) is 0.757. The molecule has 25 heavy (non-hydrogen) atoms. The highest BCUT2D eigenvalue weighted by atomic mass is 35.5. The number of benzene rings is 1. The smallest absolute Gasteiger partial charge is 0.437 e. The third-order valence-electron chi connectivity index (χ3n) is 4.05. The van der Waals surface area contributed by atoms with Crippen LogP contribution < -0.4 is 5.32 Å². The van der Waals surface area contributed by atoms with Crippen LogP contribution in [0.1, 0.15) is 18.5 Å². The maximum Gasteiger partial charge on any atom is 0.437 e. The van der Waals surface area contributed by atoms with Gasteiger partial charge >= 0.3 is 18.2 Å². The predicted molar refractivity (Wildman–Crippen MR) is 81.6 cm³/mol. The first-order valence-corrected chi connectivity index (χ1v) is 7.67. The molecule has 10 heteroatoms. The first-order valence-electron chi connectivity index (χ1n) is 7.29. The molecule has 1 aliphatic rings. The summed E-state index contributed by atoms with van der Waals surface area (Å²) in [6.07, 6.45) is -5.29. The molecule has 1 heterocycles. The van der Waals surface area contributed by atoms with Crippen molar-refractivity contribution in [2.75, 3.05) is 13.7 Å². The molecule has 0 aliphatic carbocycles. The van der Waals surface area contributed by atoms with Gasteiger partial charge < -0.3 is 15.2 Å². The molecule has 6 nitrogen and oxygen atoms in total. The summed E-state index contributed by atoms with van der Waals surface area (Å²) in [5.41, 5.74) is -3.56. The van der Waals surface area contributed by atoms with Gasteiger partial charge in [0.15, 0.2) is 0 Å². The summed E-state index contributed by atoms with van der Waals surface area (Å²) in [6.45, 7) is 1.24. The number of rotatable bonds is 3. The molecule has 0 saturated carbocycles. The van der Waals surface area contributed by atoms with Gasteiger partial charge in [-0.05, 0) is 24.6 Å². The number of nitrogens with zero attached hydrogens (tertiary/aromatic N) is 1. The highest BCUT2D eigenvalue weighted by molar-refractivity contribution is 6.30. The van der Waals surface area contributed by atoms with Crippen molar-refractivity contribution in [1.82, 2.24) is 10.2 Å². The molecule has 0 spiro atoms. The average molecular weight is 381 g/mol. The molecular weight excluding hydrogens is 365 g/mol. The summed E-state index contributed by atoms with van der Waals surface area (Å²) in [6, 6.07) is 2.89. The van der Waals surface area contributed by atoms with Crippen molar-refractivity contribution < 1.29 is 32.6 Å². The van der Waals surface area contributed by atoms with Crippen LogP contribution in [0, 0.1) is 5.92 Å². The van der Waals surface area contributed by atoms with E-state index in [1.54, 1.807) is 0 Å². The highest BCUT2D eigenvalue weighted by Gasteiger charge is 2.69. The topological polar surface area (TPSA) is 78.9 Å². The molecule has 0 aromatic heterocycles. The minimum absolute atomic E-state index is 0.0566. The SMILES string of the molecule is CCOC(=O)[C@H]1[C@@H](c2ccc(Cl)cc2)NC(=O)N(C)[C@]1(O)C(F)(F)F. The van der Waals surface area contributed by atoms with E-state index in [0.717, 1.165) is 7.05 Å². The lowest BCUT2D eigenvalue weighted by Crippen LogP contribution is -2.73. The molecule has 1 saturated heterocycles. The Kier molecular flexibility index (Phi) is 5.19. The first-order chi connectivity index (χ1) is 11.5. The second-order valence-corrected chi connectivity index (χ2v) is 5.93. The average Bonchev–Trinajstić information content (AvgIpc) is 2.52. The third kappa shape index (κ3) is 3.25. The lowest BCUT2D eigenvalue weighted by molar-refractivity contribution is -0.328. The van der Waals surface area contributed by atoms with Crippen LogP contribution in [0.4, 0.5) is 18.0 Å². The molecule has 0 unspecified atom stereocenters. The molecule has 1 aromatic rings.